The van der Waals surface area contributed by atoms with Gasteiger partial charge in [0.05, 0.1) is 0 Å². The average molecular weight is 466 g/mol. The quantitative estimate of drug-likeness (QED) is 0.0958. The minimum Gasteiger partial charge on any atom is -0.381 e. The smallest absolute Gasteiger partial charge is 0.0466 e. The summed E-state index contributed by atoms with van der Waals surface area (Å²) in [7, 11) is 0. The summed E-state index contributed by atoms with van der Waals surface area (Å²) in [4.78, 5) is 0. The monoisotopic (exact) mass is 466 g/mol. The molecule has 1 heteroatoms. The molecule has 0 fully saturated rings. The number of hydrogen-bond donors (Lipinski definition) is 0. The average Bonchev–Trinajstić information content (AvgIpc) is 2.83. The molecule has 0 rings (SSSR count). The third kappa shape index (κ3) is 32.0. The van der Waals surface area contributed by atoms with Crippen molar-refractivity contribution in [2.45, 2.75) is 187 Å². The molecule has 0 saturated heterocycles. The molecule has 0 saturated carbocycles. The van der Waals surface area contributed by atoms with Crippen LogP contribution in [0, 0.1) is 6.92 Å². The number of unbranched alkanes of at least 4 members (excludes halogenated alkanes) is 26. The van der Waals surface area contributed by atoms with E-state index in [1.54, 1.807) is 0 Å². The van der Waals surface area contributed by atoms with Gasteiger partial charge < -0.3 is 4.74 Å². The molecule has 0 aliphatic carbocycles. The standard InChI is InChI=1S/C32H65O/c1-3-5-7-8-9-10-11-12-13-14-15-16-17-18-19-20-21-22-23-24-25-26-27-28-29-30-32-33-31-6-4-2/h1,3-32H2,2H3. The summed E-state index contributed by atoms with van der Waals surface area (Å²) in [5.41, 5.74) is 0. The van der Waals surface area contributed by atoms with Crippen LogP contribution in [0.3, 0.4) is 0 Å². The number of rotatable bonds is 30. The van der Waals surface area contributed by atoms with Gasteiger partial charge in [-0.3, -0.25) is 0 Å². The van der Waals surface area contributed by atoms with E-state index in [1.165, 1.54) is 173 Å². The van der Waals surface area contributed by atoms with Crippen LogP contribution in [0.1, 0.15) is 187 Å². The Bertz CT molecular complexity index is 284. The molecule has 0 atom stereocenters. The first-order chi connectivity index (χ1) is 16.4. The summed E-state index contributed by atoms with van der Waals surface area (Å²) in [5.74, 6) is 0. The van der Waals surface area contributed by atoms with E-state index in [1.807, 2.05) is 0 Å². The molecule has 0 aromatic carbocycles. The molecule has 33 heavy (non-hydrogen) atoms. The summed E-state index contributed by atoms with van der Waals surface area (Å²) in [6, 6.07) is 0. The van der Waals surface area contributed by atoms with Gasteiger partial charge in [0.1, 0.15) is 0 Å². The summed E-state index contributed by atoms with van der Waals surface area (Å²) >= 11 is 0. The van der Waals surface area contributed by atoms with Gasteiger partial charge >= 0.3 is 0 Å². The first-order valence-electron chi connectivity index (χ1n) is 15.8. The highest BCUT2D eigenvalue weighted by atomic mass is 16.5. The molecule has 1 nitrogen and oxygen atoms in total. The maximum absolute atomic E-state index is 5.63. The van der Waals surface area contributed by atoms with Gasteiger partial charge in [-0.05, 0) is 12.8 Å². The molecule has 0 aliphatic rings. The number of hydrogen-bond acceptors (Lipinski definition) is 1. The van der Waals surface area contributed by atoms with Crippen molar-refractivity contribution < 1.29 is 4.74 Å². The lowest BCUT2D eigenvalue weighted by Gasteiger charge is -2.05. The van der Waals surface area contributed by atoms with E-state index in [0.29, 0.717) is 0 Å². The summed E-state index contributed by atoms with van der Waals surface area (Å²) in [5, 5.41) is 0. The second-order valence-electron chi connectivity index (χ2n) is 10.7. The van der Waals surface area contributed by atoms with Crippen molar-refractivity contribution in [3.63, 3.8) is 0 Å². The summed E-state index contributed by atoms with van der Waals surface area (Å²) < 4.78 is 5.63. The Morgan fingerprint density at radius 3 is 0.848 bits per heavy atom. The van der Waals surface area contributed by atoms with E-state index in [9.17, 15) is 0 Å². The van der Waals surface area contributed by atoms with Crippen LogP contribution in [0.25, 0.3) is 0 Å². The van der Waals surface area contributed by atoms with Gasteiger partial charge in [-0.1, -0.05) is 181 Å². The summed E-state index contributed by atoms with van der Waals surface area (Å²) in [6.07, 6.45) is 39.8. The predicted octanol–water partition coefficient (Wildman–Crippen LogP) is 11.8. The molecule has 0 heterocycles. The minimum absolute atomic E-state index is 0.967. The SMILES string of the molecule is [CH2]CCCCCCCCCCCCCCCCCCCCCCCCCCCOCCCC. The van der Waals surface area contributed by atoms with Crippen molar-refractivity contribution in [3.05, 3.63) is 6.92 Å². The maximum Gasteiger partial charge on any atom is 0.0466 e. The third-order valence-corrected chi connectivity index (χ3v) is 7.18. The molecular weight excluding hydrogens is 400 g/mol. The lowest BCUT2D eigenvalue weighted by atomic mass is 10.0. The normalized spacial score (nSPS) is 11.5. The van der Waals surface area contributed by atoms with Gasteiger partial charge in [-0.2, -0.15) is 0 Å². The zero-order valence-corrected chi connectivity index (χ0v) is 23.3. The van der Waals surface area contributed by atoms with E-state index >= 15 is 0 Å². The van der Waals surface area contributed by atoms with Crippen LogP contribution in [0.4, 0.5) is 0 Å². The fraction of sp³-hybridized carbons (Fsp3) is 0.969. The molecule has 199 valence electrons. The highest BCUT2D eigenvalue weighted by molar-refractivity contribution is 4.52. The van der Waals surface area contributed by atoms with E-state index in [0.717, 1.165) is 19.6 Å². The van der Waals surface area contributed by atoms with Crippen LogP contribution in [0.5, 0.6) is 0 Å². The van der Waals surface area contributed by atoms with Crippen LogP contribution >= 0.6 is 0 Å². The van der Waals surface area contributed by atoms with E-state index in [2.05, 4.69) is 13.8 Å². The molecule has 1 radical (unpaired) electrons. The zero-order chi connectivity index (χ0) is 23.9. The van der Waals surface area contributed by atoms with Crippen molar-refractivity contribution in [1.29, 1.82) is 0 Å². The molecule has 0 aromatic heterocycles. The lowest BCUT2D eigenvalue weighted by molar-refractivity contribution is 0.127. The Hall–Kier alpha value is -0.0400. The Morgan fingerprint density at radius 1 is 0.333 bits per heavy atom. The fourth-order valence-electron chi connectivity index (χ4n) is 4.80. The largest absolute Gasteiger partial charge is 0.381 e. The Balaban J connectivity index is 2.99. The van der Waals surface area contributed by atoms with Crippen molar-refractivity contribution in [2.75, 3.05) is 13.2 Å². The molecule has 0 bridgehead atoms. The second-order valence-corrected chi connectivity index (χ2v) is 10.7. The molecule has 0 unspecified atom stereocenters. The molecule has 0 amide bonds. The van der Waals surface area contributed by atoms with Crippen LogP contribution in [-0.4, -0.2) is 13.2 Å². The Kier molecular flexibility index (Phi) is 31.9. The minimum atomic E-state index is 0.967. The van der Waals surface area contributed by atoms with Crippen molar-refractivity contribution in [2.24, 2.45) is 0 Å². The molecule has 0 spiro atoms. The highest BCUT2D eigenvalue weighted by Crippen LogP contribution is 2.16. The van der Waals surface area contributed by atoms with Crippen molar-refractivity contribution in [1.82, 2.24) is 0 Å². The predicted molar refractivity (Wildman–Crippen MR) is 151 cm³/mol. The van der Waals surface area contributed by atoms with Gasteiger partial charge in [0.2, 0.25) is 0 Å². The zero-order valence-electron chi connectivity index (χ0n) is 23.3. The third-order valence-electron chi connectivity index (χ3n) is 7.18. The Labute approximate surface area is 211 Å². The van der Waals surface area contributed by atoms with Gasteiger partial charge in [0.15, 0.2) is 0 Å². The van der Waals surface area contributed by atoms with Gasteiger partial charge in [-0.15, -0.1) is 0 Å². The van der Waals surface area contributed by atoms with Crippen LogP contribution < -0.4 is 0 Å². The van der Waals surface area contributed by atoms with E-state index < -0.39 is 0 Å². The van der Waals surface area contributed by atoms with Gasteiger partial charge in [0, 0.05) is 13.2 Å². The van der Waals surface area contributed by atoms with Crippen LogP contribution in [0.2, 0.25) is 0 Å². The molecule has 0 aliphatic heterocycles. The summed E-state index contributed by atoms with van der Waals surface area (Å²) in [6.45, 7) is 8.10. The molecular formula is C32H65O. The fourth-order valence-corrected chi connectivity index (χ4v) is 4.80. The first kappa shape index (κ1) is 33.0. The number of ether oxygens (including phenoxy) is 1. The van der Waals surface area contributed by atoms with Crippen LogP contribution in [0.15, 0.2) is 0 Å². The van der Waals surface area contributed by atoms with E-state index in [-0.39, 0.29) is 0 Å². The molecule has 0 aromatic rings. The van der Waals surface area contributed by atoms with Crippen molar-refractivity contribution >= 4 is 0 Å². The highest BCUT2D eigenvalue weighted by Gasteiger charge is 1.96. The first-order valence-corrected chi connectivity index (χ1v) is 15.8. The second kappa shape index (κ2) is 32.0. The van der Waals surface area contributed by atoms with Crippen molar-refractivity contribution in [3.8, 4) is 0 Å². The molecule has 0 N–H and O–H groups in total. The topological polar surface area (TPSA) is 9.23 Å². The van der Waals surface area contributed by atoms with Gasteiger partial charge in [-0.25, -0.2) is 0 Å². The van der Waals surface area contributed by atoms with E-state index in [4.69, 9.17) is 4.74 Å². The van der Waals surface area contributed by atoms with Crippen LogP contribution in [-0.2, 0) is 4.74 Å². The van der Waals surface area contributed by atoms with Gasteiger partial charge in [0.25, 0.3) is 0 Å². The maximum atomic E-state index is 5.63. The lowest BCUT2D eigenvalue weighted by Crippen LogP contribution is -1.96. The Morgan fingerprint density at radius 2 is 0.576 bits per heavy atom.